The minimum atomic E-state index is -4.78. The van der Waals surface area contributed by atoms with Crippen molar-refractivity contribution in [2.45, 2.75) is 57.0 Å². The lowest BCUT2D eigenvalue weighted by Gasteiger charge is -2.22. The first-order valence-electron chi connectivity index (χ1n) is 8.41. The quantitative estimate of drug-likeness (QED) is 0.840. The Balaban J connectivity index is 1.67. The van der Waals surface area contributed by atoms with Crippen molar-refractivity contribution >= 4 is 17.5 Å². The molecule has 0 bridgehead atoms. The average molecular weight is 357 g/mol. The molecule has 2 aliphatic rings. The van der Waals surface area contributed by atoms with Crippen molar-refractivity contribution in [1.82, 2.24) is 0 Å². The molecule has 0 spiro atoms. The van der Waals surface area contributed by atoms with Crippen LogP contribution in [-0.2, 0) is 9.59 Å². The smallest absolute Gasteiger partial charge is 0.406 e. The summed E-state index contributed by atoms with van der Waals surface area (Å²) in [5, 5.41) is 1.99. The number of rotatable bonds is 4. The van der Waals surface area contributed by atoms with Crippen molar-refractivity contribution in [1.29, 1.82) is 0 Å². The number of halogens is 3. The molecule has 1 aromatic rings. The third-order valence-electron chi connectivity index (χ3n) is 4.66. The molecule has 1 aliphatic carbocycles. The van der Waals surface area contributed by atoms with Crippen molar-refractivity contribution in [2.75, 3.05) is 4.90 Å². The van der Waals surface area contributed by atoms with Gasteiger partial charge in [-0.2, -0.15) is 0 Å². The number of hydrogen-bond acceptors (Lipinski definition) is 3. The van der Waals surface area contributed by atoms with E-state index in [1.54, 1.807) is 0 Å². The summed E-state index contributed by atoms with van der Waals surface area (Å²) in [5.74, 6) is -1.02. The van der Waals surface area contributed by atoms with Gasteiger partial charge in [-0.05, 0) is 49.9 Å². The van der Waals surface area contributed by atoms with Gasteiger partial charge in [-0.3, -0.25) is 9.59 Å². The molecule has 1 saturated carbocycles. The highest BCUT2D eigenvalue weighted by Gasteiger charge is 2.43. The number of carbonyl (C=O) groups is 2. The summed E-state index contributed by atoms with van der Waals surface area (Å²) < 4.78 is 40.4. The van der Waals surface area contributed by atoms with Crippen molar-refractivity contribution < 1.29 is 32.8 Å². The van der Waals surface area contributed by atoms with Gasteiger partial charge in [-0.15, -0.1) is 13.2 Å². The number of hydrogen-bond donors (Lipinski definition) is 1. The standard InChI is InChI=1S/C17H19F3N2O3/c18-17(19,20)25-13-8-6-12(7-9-13)22-15(23)10-14(16(22)24)21-11-4-2-1-3-5-11/h6-9,11,14,21H,1-5,10H2/p+1/t14-/m0/s1. The maximum Gasteiger partial charge on any atom is 0.573 e. The molecule has 5 nitrogen and oxygen atoms in total. The Kier molecular flexibility index (Phi) is 4.99. The SMILES string of the molecule is O=C1C[C@H]([NH2+]C2CCCCC2)C(=O)N1c1ccc(OC(F)(F)F)cc1. The molecular formula is C17H20F3N2O3+. The van der Waals surface area contributed by atoms with E-state index in [0.29, 0.717) is 6.04 Å². The molecule has 2 fully saturated rings. The van der Waals surface area contributed by atoms with Crippen LogP contribution in [0.15, 0.2) is 24.3 Å². The van der Waals surface area contributed by atoms with Gasteiger partial charge in [0.1, 0.15) is 5.75 Å². The molecule has 0 radical (unpaired) electrons. The van der Waals surface area contributed by atoms with Crippen LogP contribution in [0.3, 0.4) is 0 Å². The molecule has 136 valence electrons. The van der Waals surface area contributed by atoms with E-state index in [1.807, 2.05) is 5.32 Å². The summed E-state index contributed by atoms with van der Waals surface area (Å²) >= 11 is 0. The van der Waals surface area contributed by atoms with Crippen LogP contribution in [0.5, 0.6) is 5.75 Å². The third kappa shape index (κ3) is 4.31. The number of benzene rings is 1. The van der Waals surface area contributed by atoms with Crippen LogP contribution in [-0.4, -0.2) is 30.3 Å². The van der Waals surface area contributed by atoms with E-state index in [-0.39, 0.29) is 29.7 Å². The van der Waals surface area contributed by atoms with E-state index in [1.165, 1.54) is 18.6 Å². The second kappa shape index (κ2) is 7.03. The number of anilines is 1. The van der Waals surface area contributed by atoms with E-state index in [4.69, 9.17) is 0 Å². The van der Waals surface area contributed by atoms with Crippen LogP contribution in [0.2, 0.25) is 0 Å². The Labute approximate surface area is 143 Å². The van der Waals surface area contributed by atoms with Gasteiger partial charge in [0.25, 0.3) is 5.91 Å². The van der Waals surface area contributed by atoms with Gasteiger partial charge in [-0.25, -0.2) is 4.90 Å². The normalized spacial score (nSPS) is 22.5. The van der Waals surface area contributed by atoms with Gasteiger partial charge in [-0.1, -0.05) is 6.42 Å². The molecule has 1 aromatic carbocycles. The highest BCUT2D eigenvalue weighted by atomic mass is 19.4. The first-order valence-corrected chi connectivity index (χ1v) is 8.41. The number of carbonyl (C=O) groups excluding carboxylic acids is 2. The van der Waals surface area contributed by atoms with Crippen LogP contribution in [0.1, 0.15) is 38.5 Å². The number of quaternary nitrogens is 1. The third-order valence-corrected chi connectivity index (χ3v) is 4.66. The van der Waals surface area contributed by atoms with E-state index < -0.39 is 12.4 Å². The summed E-state index contributed by atoms with van der Waals surface area (Å²) in [7, 11) is 0. The zero-order valence-corrected chi connectivity index (χ0v) is 13.6. The number of alkyl halides is 3. The second-order valence-corrected chi connectivity index (χ2v) is 6.51. The zero-order chi connectivity index (χ0) is 18.0. The average Bonchev–Trinajstić information content (AvgIpc) is 2.82. The van der Waals surface area contributed by atoms with Gasteiger partial charge < -0.3 is 10.1 Å². The van der Waals surface area contributed by atoms with Gasteiger partial charge in [0.05, 0.1) is 18.2 Å². The number of nitrogens with zero attached hydrogens (tertiary/aromatic N) is 1. The molecule has 25 heavy (non-hydrogen) atoms. The maximum atomic E-state index is 12.6. The second-order valence-electron chi connectivity index (χ2n) is 6.51. The lowest BCUT2D eigenvalue weighted by Crippen LogP contribution is -2.96. The summed E-state index contributed by atoms with van der Waals surface area (Å²) in [6.07, 6.45) is 0.918. The van der Waals surface area contributed by atoms with Crippen molar-refractivity contribution in [3.63, 3.8) is 0 Å². The Hall–Kier alpha value is -2.09. The van der Waals surface area contributed by atoms with E-state index in [0.717, 1.165) is 42.7 Å². The molecular weight excluding hydrogens is 337 g/mol. The largest absolute Gasteiger partial charge is 0.573 e. The maximum absolute atomic E-state index is 12.6. The molecule has 2 N–H and O–H groups in total. The first-order chi connectivity index (χ1) is 11.8. The van der Waals surface area contributed by atoms with Gasteiger partial charge in [0, 0.05) is 0 Å². The van der Waals surface area contributed by atoms with Crippen LogP contribution in [0.25, 0.3) is 0 Å². The number of amides is 2. The first kappa shape index (κ1) is 17.7. The van der Waals surface area contributed by atoms with Gasteiger partial charge in [0.2, 0.25) is 5.91 Å². The van der Waals surface area contributed by atoms with Crippen molar-refractivity contribution in [2.24, 2.45) is 0 Å². The van der Waals surface area contributed by atoms with E-state index in [2.05, 4.69) is 4.74 Å². The fourth-order valence-corrected chi connectivity index (χ4v) is 3.53. The monoisotopic (exact) mass is 357 g/mol. The highest BCUT2D eigenvalue weighted by Crippen LogP contribution is 2.27. The van der Waals surface area contributed by atoms with Gasteiger partial charge >= 0.3 is 6.36 Å². The molecule has 0 unspecified atom stereocenters. The molecule has 1 aliphatic heterocycles. The lowest BCUT2D eigenvalue weighted by atomic mass is 9.95. The van der Waals surface area contributed by atoms with E-state index >= 15 is 0 Å². The predicted octanol–water partition coefficient (Wildman–Crippen LogP) is 2.11. The molecule has 1 heterocycles. The number of nitrogens with two attached hydrogens (primary N) is 1. The highest BCUT2D eigenvalue weighted by molar-refractivity contribution is 6.21. The number of imide groups is 1. The number of ether oxygens (including phenoxy) is 1. The van der Waals surface area contributed by atoms with Gasteiger partial charge in [0.15, 0.2) is 6.04 Å². The summed E-state index contributed by atoms with van der Waals surface area (Å²) in [5.41, 5.74) is 0.268. The van der Waals surface area contributed by atoms with Crippen LogP contribution >= 0.6 is 0 Å². The molecule has 1 atom stereocenters. The molecule has 3 rings (SSSR count). The van der Waals surface area contributed by atoms with Crippen molar-refractivity contribution in [3.8, 4) is 5.75 Å². The molecule has 1 saturated heterocycles. The lowest BCUT2D eigenvalue weighted by molar-refractivity contribution is -0.710. The fourth-order valence-electron chi connectivity index (χ4n) is 3.53. The predicted molar refractivity (Wildman–Crippen MR) is 82.8 cm³/mol. The summed E-state index contributed by atoms with van der Waals surface area (Å²) in [6, 6.07) is 4.70. The Morgan fingerprint density at radius 3 is 2.28 bits per heavy atom. The van der Waals surface area contributed by atoms with Crippen LogP contribution in [0.4, 0.5) is 18.9 Å². The zero-order valence-electron chi connectivity index (χ0n) is 13.6. The fraction of sp³-hybridized carbons (Fsp3) is 0.529. The Bertz CT molecular complexity index is 640. The van der Waals surface area contributed by atoms with Crippen LogP contribution < -0.4 is 15.0 Å². The van der Waals surface area contributed by atoms with Crippen molar-refractivity contribution in [3.05, 3.63) is 24.3 Å². The minimum absolute atomic E-state index is 0.121. The molecule has 2 amide bonds. The minimum Gasteiger partial charge on any atom is -0.406 e. The summed E-state index contributed by atoms with van der Waals surface area (Å²) in [4.78, 5) is 25.8. The van der Waals surface area contributed by atoms with Crippen LogP contribution in [0, 0.1) is 0 Å². The Morgan fingerprint density at radius 1 is 1.04 bits per heavy atom. The Morgan fingerprint density at radius 2 is 1.68 bits per heavy atom. The topological polar surface area (TPSA) is 63.2 Å². The van der Waals surface area contributed by atoms with E-state index in [9.17, 15) is 22.8 Å². The summed E-state index contributed by atoms with van der Waals surface area (Å²) in [6.45, 7) is 0. The molecule has 8 heteroatoms. The molecule has 0 aromatic heterocycles.